The van der Waals surface area contributed by atoms with Gasteiger partial charge >= 0.3 is 5.63 Å². The van der Waals surface area contributed by atoms with Crippen LogP contribution in [0.4, 0.5) is 0 Å². The molecule has 24 heavy (non-hydrogen) atoms. The van der Waals surface area contributed by atoms with Gasteiger partial charge in [-0.1, -0.05) is 35.3 Å². The van der Waals surface area contributed by atoms with Gasteiger partial charge in [-0.05, 0) is 42.5 Å². The number of aromatic nitrogens is 2. The summed E-state index contributed by atoms with van der Waals surface area (Å²) in [5.74, 6) is 0.426. The lowest BCUT2D eigenvalue weighted by molar-refractivity contribution is 0.521. The number of hydrogen-bond acceptors (Lipinski definition) is 3. The molecule has 0 fully saturated rings. The molecule has 6 heteroatoms. The molecule has 4 aromatic rings. The van der Waals surface area contributed by atoms with Gasteiger partial charge in [-0.25, -0.2) is 9.31 Å². The lowest BCUT2D eigenvalue weighted by atomic mass is 10.1. The molecule has 0 saturated heterocycles. The van der Waals surface area contributed by atoms with Crippen LogP contribution in [0.25, 0.3) is 28.1 Å². The van der Waals surface area contributed by atoms with Gasteiger partial charge in [0.1, 0.15) is 0 Å². The Kier molecular flexibility index (Phi) is 3.63. The van der Waals surface area contributed by atoms with Gasteiger partial charge in [0.15, 0.2) is 11.3 Å². The van der Waals surface area contributed by atoms with Crippen molar-refractivity contribution in [2.75, 3.05) is 0 Å². The second kappa shape index (κ2) is 5.82. The summed E-state index contributed by atoms with van der Waals surface area (Å²) >= 11 is 11.8. The molecule has 0 unspecified atom stereocenters. The van der Waals surface area contributed by atoms with Crippen LogP contribution in [0.1, 0.15) is 0 Å². The average Bonchev–Trinajstić information content (AvgIpc) is 3.01. The van der Waals surface area contributed by atoms with Crippen molar-refractivity contribution in [2.24, 2.45) is 0 Å². The zero-order valence-electron chi connectivity index (χ0n) is 12.2. The number of rotatable bonds is 2. The molecule has 4 rings (SSSR count). The van der Waals surface area contributed by atoms with Gasteiger partial charge < -0.3 is 4.42 Å². The van der Waals surface area contributed by atoms with Crippen molar-refractivity contribution >= 4 is 28.7 Å². The fourth-order valence-electron chi connectivity index (χ4n) is 2.44. The maximum atomic E-state index is 12.3. The Hall–Kier alpha value is -2.56. The fourth-order valence-corrected chi connectivity index (χ4v) is 2.70. The maximum absolute atomic E-state index is 12.3. The van der Waals surface area contributed by atoms with Crippen LogP contribution in [0.5, 0.6) is 0 Å². The Balaban J connectivity index is 1.85. The van der Waals surface area contributed by atoms with Crippen LogP contribution in [0.15, 0.2) is 70.0 Å². The summed E-state index contributed by atoms with van der Waals surface area (Å²) in [6.07, 6.45) is 1.68. The number of fused-ring (bicyclic) bond motifs is 1. The fraction of sp³-hybridized carbons (Fsp3) is 0. The van der Waals surface area contributed by atoms with E-state index in [0.717, 1.165) is 11.1 Å². The van der Waals surface area contributed by atoms with E-state index in [4.69, 9.17) is 27.6 Å². The summed E-state index contributed by atoms with van der Waals surface area (Å²) in [4.78, 5) is 12.3. The van der Waals surface area contributed by atoms with E-state index < -0.39 is 5.63 Å². The molecular weight excluding hydrogens is 347 g/mol. The zero-order valence-corrected chi connectivity index (χ0v) is 13.8. The van der Waals surface area contributed by atoms with Crippen molar-refractivity contribution in [2.45, 2.75) is 0 Å². The van der Waals surface area contributed by atoms with Crippen molar-refractivity contribution in [3.05, 3.63) is 81.3 Å². The number of hydrogen-bond donors (Lipinski definition) is 0. The molecule has 0 aliphatic rings. The number of halogens is 2. The van der Waals surface area contributed by atoms with Crippen molar-refractivity contribution in [3.63, 3.8) is 0 Å². The molecule has 2 heterocycles. The second-order valence-corrected chi connectivity index (χ2v) is 6.13. The molecule has 0 atom stereocenters. The molecule has 0 saturated carbocycles. The summed E-state index contributed by atoms with van der Waals surface area (Å²) < 4.78 is 6.93. The molecule has 0 aliphatic heterocycles. The monoisotopic (exact) mass is 356 g/mol. The van der Waals surface area contributed by atoms with Gasteiger partial charge in [0.2, 0.25) is 0 Å². The number of nitrogens with zero attached hydrogens (tertiary/aromatic N) is 2. The van der Waals surface area contributed by atoms with E-state index in [0.29, 0.717) is 27.0 Å². The van der Waals surface area contributed by atoms with Gasteiger partial charge in [0.25, 0.3) is 0 Å². The third-order valence-electron chi connectivity index (χ3n) is 3.66. The van der Waals surface area contributed by atoms with Gasteiger partial charge in [-0.2, -0.15) is 5.10 Å². The average molecular weight is 357 g/mol. The minimum atomic E-state index is -0.449. The second-order valence-electron chi connectivity index (χ2n) is 5.26. The first-order chi connectivity index (χ1) is 11.6. The molecule has 0 N–H and O–H groups in total. The summed E-state index contributed by atoms with van der Waals surface area (Å²) in [7, 11) is 0. The summed E-state index contributed by atoms with van der Waals surface area (Å²) in [5.41, 5.74) is 2.22. The Morgan fingerprint density at radius 1 is 0.875 bits per heavy atom. The van der Waals surface area contributed by atoms with E-state index in [1.54, 1.807) is 48.7 Å². The Morgan fingerprint density at radius 3 is 2.08 bits per heavy atom. The predicted octanol–water partition coefficient (Wildman–Crippen LogP) is 4.93. The summed E-state index contributed by atoms with van der Waals surface area (Å²) in [5, 5.41) is 5.73. The van der Waals surface area contributed by atoms with E-state index in [2.05, 4.69) is 5.10 Å². The molecule has 2 aromatic heterocycles. The van der Waals surface area contributed by atoms with Crippen LogP contribution >= 0.6 is 23.2 Å². The van der Waals surface area contributed by atoms with Crippen LogP contribution in [-0.2, 0) is 0 Å². The zero-order chi connectivity index (χ0) is 16.7. The van der Waals surface area contributed by atoms with E-state index >= 15 is 0 Å². The van der Waals surface area contributed by atoms with Crippen LogP contribution in [0.2, 0.25) is 10.0 Å². The molecule has 0 amide bonds. The van der Waals surface area contributed by atoms with Crippen molar-refractivity contribution < 1.29 is 4.42 Å². The minimum absolute atomic E-state index is 0.373. The predicted molar refractivity (Wildman–Crippen MR) is 94.6 cm³/mol. The standard InChI is InChI=1S/C18H10Cl2N2O2/c19-13-5-1-11(2-6-13)15-9-16-18(23)24-17(10-22(16)21-15)12-3-7-14(20)8-4-12/h1-10H. The van der Waals surface area contributed by atoms with Gasteiger partial charge in [0, 0.05) is 21.2 Å². The molecule has 118 valence electrons. The first-order valence-electron chi connectivity index (χ1n) is 7.15. The first-order valence-corrected chi connectivity index (χ1v) is 7.91. The van der Waals surface area contributed by atoms with Gasteiger partial charge in [0.05, 0.1) is 11.9 Å². The number of benzene rings is 2. The van der Waals surface area contributed by atoms with E-state index in [-0.39, 0.29) is 0 Å². The largest absolute Gasteiger partial charge is 0.420 e. The van der Waals surface area contributed by atoms with Crippen LogP contribution in [0.3, 0.4) is 0 Å². The van der Waals surface area contributed by atoms with E-state index in [1.165, 1.54) is 4.52 Å². The smallest absolute Gasteiger partial charge is 0.362 e. The van der Waals surface area contributed by atoms with Crippen LogP contribution < -0.4 is 5.63 Å². The molecule has 4 nitrogen and oxygen atoms in total. The van der Waals surface area contributed by atoms with Crippen molar-refractivity contribution in [1.82, 2.24) is 9.61 Å². The lowest BCUT2D eigenvalue weighted by Crippen LogP contribution is -2.04. The van der Waals surface area contributed by atoms with Crippen molar-refractivity contribution in [3.8, 4) is 22.6 Å². The third-order valence-corrected chi connectivity index (χ3v) is 4.16. The van der Waals surface area contributed by atoms with Gasteiger partial charge in [-0.15, -0.1) is 0 Å². The van der Waals surface area contributed by atoms with Crippen LogP contribution in [0, 0.1) is 0 Å². The SMILES string of the molecule is O=c1oc(-c2ccc(Cl)cc2)cn2nc(-c3ccc(Cl)cc3)cc12. The van der Waals surface area contributed by atoms with E-state index in [9.17, 15) is 4.79 Å². The summed E-state index contributed by atoms with van der Waals surface area (Å²) in [6.45, 7) is 0. The molecule has 0 bridgehead atoms. The normalized spacial score (nSPS) is 11.1. The van der Waals surface area contributed by atoms with Crippen molar-refractivity contribution in [1.29, 1.82) is 0 Å². The molecule has 2 aromatic carbocycles. The molecule has 0 spiro atoms. The highest BCUT2D eigenvalue weighted by Crippen LogP contribution is 2.24. The molecule has 0 aliphatic carbocycles. The summed E-state index contributed by atoms with van der Waals surface area (Å²) in [6, 6.07) is 16.0. The highest BCUT2D eigenvalue weighted by molar-refractivity contribution is 6.30. The third kappa shape index (κ3) is 2.70. The maximum Gasteiger partial charge on any atom is 0.362 e. The highest BCUT2D eigenvalue weighted by Gasteiger charge is 2.11. The Morgan fingerprint density at radius 2 is 1.46 bits per heavy atom. The minimum Gasteiger partial charge on any atom is -0.420 e. The molecular formula is C18H10Cl2N2O2. The molecule has 0 radical (unpaired) electrons. The Bertz CT molecular complexity index is 1080. The quantitative estimate of drug-likeness (QED) is 0.511. The lowest BCUT2D eigenvalue weighted by Gasteiger charge is -2.01. The topological polar surface area (TPSA) is 47.5 Å². The Labute approximate surface area is 146 Å². The first kappa shape index (κ1) is 15.0. The van der Waals surface area contributed by atoms with E-state index in [1.807, 2.05) is 12.1 Å². The van der Waals surface area contributed by atoms with Crippen LogP contribution in [-0.4, -0.2) is 9.61 Å². The highest BCUT2D eigenvalue weighted by atomic mass is 35.5. The van der Waals surface area contributed by atoms with Gasteiger partial charge in [-0.3, -0.25) is 0 Å².